The zero-order valence-electron chi connectivity index (χ0n) is 16.7. The monoisotopic (exact) mass is 408 g/mol. The van der Waals surface area contributed by atoms with Crippen LogP contribution < -0.4 is 19.7 Å². The van der Waals surface area contributed by atoms with Crippen molar-refractivity contribution in [2.45, 2.75) is 31.9 Å². The van der Waals surface area contributed by atoms with E-state index in [0.29, 0.717) is 24.6 Å². The summed E-state index contributed by atoms with van der Waals surface area (Å²) in [5.74, 6) is 1.99. The number of piperidine rings is 1. The molecule has 9 heteroatoms. The van der Waals surface area contributed by atoms with E-state index < -0.39 is 6.10 Å². The lowest BCUT2D eigenvalue weighted by Crippen LogP contribution is -2.44. The molecule has 156 valence electrons. The van der Waals surface area contributed by atoms with E-state index in [0.717, 1.165) is 29.9 Å². The molecule has 1 saturated heterocycles. The Labute approximate surface area is 174 Å². The average molecular weight is 408 g/mol. The molecule has 1 fully saturated rings. The molecule has 4 heterocycles. The molecule has 1 amide bonds. The van der Waals surface area contributed by atoms with Crippen molar-refractivity contribution in [2.75, 3.05) is 31.1 Å². The molecule has 2 aliphatic rings. The minimum absolute atomic E-state index is 0.194. The number of nitrogens with zero attached hydrogens (tertiary/aromatic N) is 5. The maximum absolute atomic E-state index is 12.5. The molecule has 0 radical (unpaired) electrons. The Hall–Kier alpha value is -3.36. The first-order chi connectivity index (χ1) is 14.8. The van der Waals surface area contributed by atoms with Crippen LogP contribution in [0.1, 0.15) is 19.3 Å². The molecule has 1 N–H and O–H groups in total. The second-order valence-corrected chi connectivity index (χ2v) is 7.51. The van der Waals surface area contributed by atoms with Crippen LogP contribution in [0.25, 0.3) is 11.0 Å². The standard InChI is InChI=1S/C21H24N6O3/c28-21(18-13-29-16-6-2-3-7-17(16)30-18)22-8-11-27-20-15(12-25-27)19(23-14-24-20)26-9-4-1-5-10-26/h2-3,6-7,12,14,18H,1,4-5,8-11,13H2,(H,22,28). The number of nitrogens with one attached hydrogen (secondary N) is 1. The Morgan fingerprint density at radius 1 is 1.13 bits per heavy atom. The van der Waals surface area contributed by atoms with Crippen LogP contribution in [0.4, 0.5) is 5.82 Å². The normalized spacial score (nSPS) is 18.4. The second kappa shape index (κ2) is 8.17. The number of ether oxygens (including phenoxy) is 2. The highest BCUT2D eigenvalue weighted by atomic mass is 16.6. The Morgan fingerprint density at radius 3 is 2.83 bits per heavy atom. The number of hydrogen-bond donors (Lipinski definition) is 1. The summed E-state index contributed by atoms with van der Waals surface area (Å²) in [7, 11) is 0. The molecule has 3 aromatic rings. The zero-order valence-corrected chi connectivity index (χ0v) is 16.7. The van der Waals surface area contributed by atoms with Gasteiger partial charge in [0.2, 0.25) is 6.10 Å². The number of anilines is 1. The van der Waals surface area contributed by atoms with E-state index in [9.17, 15) is 4.79 Å². The van der Waals surface area contributed by atoms with E-state index in [4.69, 9.17) is 9.47 Å². The number of carbonyl (C=O) groups excluding carboxylic acids is 1. The summed E-state index contributed by atoms with van der Waals surface area (Å²) in [6.07, 6.45) is 6.38. The predicted octanol–water partition coefficient (Wildman–Crippen LogP) is 1.77. The van der Waals surface area contributed by atoms with E-state index in [1.807, 2.05) is 24.4 Å². The fourth-order valence-electron chi connectivity index (χ4n) is 3.95. The molecule has 2 aliphatic heterocycles. The first-order valence-corrected chi connectivity index (χ1v) is 10.4. The quantitative estimate of drug-likeness (QED) is 0.688. The van der Waals surface area contributed by atoms with Gasteiger partial charge in [-0.3, -0.25) is 4.79 Å². The smallest absolute Gasteiger partial charge is 0.264 e. The summed E-state index contributed by atoms with van der Waals surface area (Å²) in [6, 6.07) is 7.35. The number of fused-ring (bicyclic) bond motifs is 2. The van der Waals surface area contributed by atoms with Crippen LogP contribution in [0, 0.1) is 0 Å². The van der Waals surface area contributed by atoms with E-state index in [2.05, 4.69) is 25.3 Å². The van der Waals surface area contributed by atoms with Crippen LogP contribution in [0.2, 0.25) is 0 Å². The van der Waals surface area contributed by atoms with Crippen molar-refractivity contribution in [3.05, 3.63) is 36.8 Å². The summed E-state index contributed by atoms with van der Waals surface area (Å²) in [4.78, 5) is 23.7. The first kappa shape index (κ1) is 18.7. The van der Waals surface area contributed by atoms with Crippen molar-refractivity contribution < 1.29 is 14.3 Å². The molecule has 9 nitrogen and oxygen atoms in total. The van der Waals surface area contributed by atoms with Gasteiger partial charge in [-0.25, -0.2) is 14.6 Å². The number of aromatic nitrogens is 4. The number of rotatable bonds is 5. The Kier molecular flexibility index (Phi) is 5.08. The van der Waals surface area contributed by atoms with Gasteiger partial charge in [-0.15, -0.1) is 0 Å². The van der Waals surface area contributed by atoms with Gasteiger partial charge in [-0.2, -0.15) is 5.10 Å². The zero-order chi connectivity index (χ0) is 20.3. The molecule has 0 aliphatic carbocycles. The van der Waals surface area contributed by atoms with E-state index in [1.54, 1.807) is 17.1 Å². The molecule has 1 aromatic carbocycles. The van der Waals surface area contributed by atoms with Crippen molar-refractivity contribution in [1.82, 2.24) is 25.1 Å². The van der Waals surface area contributed by atoms with Crippen molar-refractivity contribution in [1.29, 1.82) is 0 Å². The average Bonchev–Trinajstić information content (AvgIpc) is 3.22. The van der Waals surface area contributed by atoms with Gasteiger partial charge in [0.1, 0.15) is 18.8 Å². The van der Waals surface area contributed by atoms with Crippen LogP contribution in [-0.4, -0.2) is 58.0 Å². The number of para-hydroxylation sites is 2. The highest BCUT2D eigenvalue weighted by Gasteiger charge is 2.27. The summed E-state index contributed by atoms with van der Waals surface area (Å²) in [5, 5.41) is 8.33. The van der Waals surface area contributed by atoms with E-state index in [-0.39, 0.29) is 12.5 Å². The summed E-state index contributed by atoms with van der Waals surface area (Å²) in [6.45, 7) is 3.15. The topological polar surface area (TPSA) is 94.4 Å². The maximum atomic E-state index is 12.5. The minimum Gasteiger partial charge on any atom is -0.485 e. The molecule has 2 aromatic heterocycles. The molecule has 5 rings (SSSR count). The van der Waals surface area contributed by atoms with Crippen LogP contribution >= 0.6 is 0 Å². The molecule has 1 atom stereocenters. The van der Waals surface area contributed by atoms with Crippen LogP contribution in [0.3, 0.4) is 0 Å². The lowest BCUT2D eigenvalue weighted by atomic mass is 10.1. The molecule has 0 spiro atoms. The highest BCUT2D eigenvalue weighted by molar-refractivity contribution is 5.86. The summed E-state index contributed by atoms with van der Waals surface area (Å²) in [5.41, 5.74) is 0.783. The molecule has 0 saturated carbocycles. The first-order valence-electron chi connectivity index (χ1n) is 10.4. The van der Waals surface area contributed by atoms with E-state index in [1.165, 1.54) is 19.3 Å². The Bertz CT molecular complexity index is 1050. The molecular weight excluding hydrogens is 384 g/mol. The van der Waals surface area contributed by atoms with Crippen molar-refractivity contribution in [3.63, 3.8) is 0 Å². The third-order valence-electron chi connectivity index (χ3n) is 5.49. The lowest BCUT2D eigenvalue weighted by Gasteiger charge is -2.27. The van der Waals surface area contributed by atoms with Gasteiger partial charge in [-0.1, -0.05) is 12.1 Å². The number of hydrogen-bond acceptors (Lipinski definition) is 7. The largest absolute Gasteiger partial charge is 0.485 e. The third-order valence-corrected chi connectivity index (χ3v) is 5.49. The van der Waals surface area contributed by atoms with Gasteiger partial charge in [0.15, 0.2) is 17.1 Å². The van der Waals surface area contributed by atoms with Crippen molar-refractivity contribution >= 4 is 22.8 Å². The number of carbonyl (C=O) groups is 1. The van der Waals surface area contributed by atoms with Crippen LogP contribution in [0.15, 0.2) is 36.8 Å². The molecule has 0 bridgehead atoms. The highest BCUT2D eigenvalue weighted by Crippen LogP contribution is 2.31. The van der Waals surface area contributed by atoms with Crippen molar-refractivity contribution in [2.24, 2.45) is 0 Å². The van der Waals surface area contributed by atoms with Gasteiger partial charge in [0, 0.05) is 19.6 Å². The summed E-state index contributed by atoms with van der Waals surface area (Å²) >= 11 is 0. The minimum atomic E-state index is -0.665. The fourth-order valence-corrected chi connectivity index (χ4v) is 3.95. The Balaban J connectivity index is 1.21. The molecule has 1 unspecified atom stereocenters. The maximum Gasteiger partial charge on any atom is 0.264 e. The SMILES string of the molecule is O=C(NCCn1ncc2c(N3CCCCC3)ncnc21)C1COc2ccccc2O1. The van der Waals surface area contributed by atoms with Crippen LogP contribution in [-0.2, 0) is 11.3 Å². The van der Waals surface area contributed by atoms with Crippen LogP contribution in [0.5, 0.6) is 11.5 Å². The summed E-state index contributed by atoms with van der Waals surface area (Å²) < 4.78 is 13.2. The van der Waals surface area contributed by atoms with Gasteiger partial charge in [-0.05, 0) is 31.4 Å². The second-order valence-electron chi connectivity index (χ2n) is 7.51. The molecular formula is C21H24N6O3. The molecule has 30 heavy (non-hydrogen) atoms. The van der Waals surface area contributed by atoms with Gasteiger partial charge in [0.25, 0.3) is 5.91 Å². The third kappa shape index (κ3) is 3.62. The number of amides is 1. The van der Waals surface area contributed by atoms with Crippen molar-refractivity contribution in [3.8, 4) is 11.5 Å². The predicted molar refractivity (Wildman–Crippen MR) is 111 cm³/mol. The van der Waals surface area contributed by atoms with E-state index >= 15 is 0 Å². The lowest BCUT2D eigenvalue weighted by molar-refractivity contribution is -0.130. The Morgan fingerprint density at radius 2 is 1.97 bits per heavy atom. The van der Waals surface area contributed by atoms with Gasteiger partial charge in [0.05, 0.1) is 18.1 Å². The fraction of sp³-hybridized carbons (Fsp3) is 0.429. The van der Waals surface area contributed by atoms with Gasteiger partial charge >= 0.3 is 0 Å². The van der Waals surface area contributed by atoms with Gasteiger partial charge < -0.3 is 19.7 Å². The number of benzene rings is 1.